The predicted octanol–water partition coefficient (Wildman–Crippen LogP) is 1.59. The van der Waals surface area contributed by atoms with E-state index in [0.717, 1.165) is 0 Å². The van der Waals surface area contributed by atoms with Crippen LogP contribution in [0.3, 0.4) is 0 Å². The average Bonchev–Trinajstić information content (AvgIpc) is 2.26. The lowest BCUT2D eigenvalue weighted by atomic mass is 9.99. The van der Waals surface area contributed by atoms with E-state index in [1.54, 1.807) is 0 Å². The molecule has 2 N–H and O–H groups in total. The van der Waals surface area contributed by atoms with Gasteiger partial charge in [0.25, 0.3) is 0 Å². The summed E-state index contributed by atoms with van der Waals surface area (Å²) in [5, 5.41) is 0. The second-order valence-electron chi connectivity index (χ2n) is 4.41. The number of carbonyl (C=O) groups excluding carboxylic acids is 4. The lowest BCUT2D eigenvalue weighted by Gasteiger charge is -2.06. The Morgan fingerprint density at radius 1 is 0.947 bits per heavy atom. The van der Waals surface area contributed by atoms with Gasteiger partial charge in [-0.2, -0.15) is 0 Å². The van der Waals surface area contributed by atoms with Gasteiger partial charge >= 0.3 is 0 Å². The van der Waals surface area contributed by atoms with Crippen LogP contribution in [0.1, 0.15) is 47.4 Å². The number of Topliss-reactive ketones (excluding diaryl/α,β-unsaturated/α-hetero) is 4. The predicted molar refractivity (Wildman–Crippen MR) is 70.1 cm³/mol. The highest BCUT2D eigenvalue weighted by atomic mass is 16.2. The van der Waals surface area contributed by atoms with Gasteiger partial charge in [0.2, 0.25) is 0 Å². The van der Waals surface area contributed by atoms with E-state index in [9.17, 15) is 19.2 Å². The molecule has 1 rings (SSSR count). The van der Waals surface area contributed by atoms with Crippen LogP contribution >= 0.6 is 0 Å². The highest BCUT2D eigenvalue weighted by molar-refractivity contribution is 6.12. The van der Waals surface area contributed by atoms with E-state index in [1.807, 2.05) is 0 Å². The molecule has 5 nitrogen and oxygen atoms in total. The summed E-state index contributed by atoms with van der Waals surface area (Å²) in [5.41, 5.74) is 6.34. The normalized spacial score (nSPS) is 10.0. The molecule has 0 unspecified atom stereocenters. The largest absolute Gasteiger partial charge is 0.398 e. The van der Waals surface area contributed by atoms with Gasteiger partial charge in [-0.05, 0) is 26.0 Å². The second-order valence-corrected chi connectivity index (χ2v) is 4.41. The summed E-state index contributed by atoms with van der Waals surface area (Å²) in [4.78, 5) is 45.1. The van der Waals surface area contributed by atoms with Gasteiger partial charge in [-0.3, -0.25) is 19.2 Å². The standard InChI is InChI=1S/C14H15NO4/c1-8(16)5-13(18)10-3-4-11(12(15)7-10)14(19)6-9(2)17/h3-4,7H,5-6,15H2,1-2H3. The van der Waals surface area contributed by atoms with Crippen LogP contribution in [0.4, 0.5) is 5.69 Å². The van der Waals surface area contributed by atoms with Gasteiger partial charge in [-0.1, -0.05) is 6.07 Å². The Hall–Kier alpha value is -2.30. The molecule has 0 saturated carbocycles. The van der Waals surface area contributed by atoms with Crippen LogP contribution in [0.2, 0.25) is 0 Å². The zero-order chi connectivity index (χ0) is 14.6. The van der Waals surface area contributed by atoms with Crippen LogP contribution in [0.15, 0.2) is 18.2 Å². The maximum absolute atomic E-state index is 11.7. The Bertz CT molecular complexity index is 561. The van der Waals surface area contributed by atoms with Gasteiger partial charge in [0.1, 0.15) is 11.6 Å². The topological polar surface area (TPSA) is 94.3 Å². The summed E-state index contributed by atoms with van der Waals surface area (Å²) in [6, 6.07) is 4.21. The quantitative estimate of drug-likeness (QED) is 0.476. The minimum atomic E-state index is -0.379. The molecular weight excluding hydrogens is 246 g/mol. The van der Waals surface area contributed by atoms with E-state index < -0.39 is 0 Å². The van der Waals surface area contributed by atoms with E-state index in [4.69, 9.17) is 5.73 Å². The second kappa shape index (κ2) is 6.04. The number of nitrogens with two attached hydrogens (primary N) is 1. The van der Waals surface area contributed by atoms with Crippen molar-refractivity contribution in [3.63, 3.8) is 0 Å². The third-order valence-electron chi connectivity index (χ3n) is 2.49. The molecule has 0 fully saturated rings. The van der Waals surface area contributed by atoms with Gasteiger partial charge in [0.05, 0.1) is 12.8 Å². The molecule has 1 aromatic carbocycles. The number of ketones is 4. The third kappa shape index (κ3) is 4.13. The third-order valence-corrected chi connectivity index (χ3v) is 2.49. The Morgan fingerprint density at radius 2 is 1.47 bits per heavy atom. The molecule has 0 aliphatic heterocycles. The molecule has 0 atom stereocenters. The molecule has 0 spiro atoms. The zero-order valence-electron chi connectivity index (χ0n) is 10.9. The highest BCUT2D eigenvalue weighted by Gasteiger charge is 2.15. The van der Waals surface area contributed by atoms with Crippen LogP contribution in [0, 0.1) is 0 Å². The molecule has 0 aromatic heterocycles. The molecule has 5 heteroatoms. The van der Waals surface area contributed by atoms with Crippen molar-refractivity contribution in [2.24, 2.45) is 0 Å². The van der Waals surface area contributed by atoms with E-state index in [0.29, 0.717) is 0 Å². The first-order valence-electron chi connectivity index (χ1n) is 5.76. The lowest BCUT2D eigenvalue weighted by molar-refractivity contribution is -0.117. The van der Waals surface area contributed by atoms with Gasteiger partial charge in [-0.25, -0.2) is 0 Å². The number of benzene rings is 1. The minimum absolute atomic E-state index is 0.139. The summed E-state index contributed by atoms with van der Waals surface area (Å²) in [6.07, 6.45) is -0.412. The van der Waals surface area contributed by atoms with E-state index in [2.05, 4.69) is 0 Å². The van der Waals surface area contributed by atoms with Crippen LogP contribution in [-0.4, -0.2) is 23.1 Å². The first kappa shape index (κ1) is 14.8. The first-order chi connectivity index (χ1) is 8.81. The summed E-state index contributed by atoms with van der Waals surface area (Å²) in [5.74, 6) is -1.21. The molecule has 0 radical (unpaired) electrons. The number of nitrogen functional groups attached to an aromatic ring is 1. The van der Waals surface area contributed by atoms with Crippen molar-refractivity contribution in [2.75, 3.05) is 5.73 Å². The van der Waals surface area contributed by atoms with Crippen LogP contribution in [-0.2, 0) is 9.59 Å². The van der Waals surface area contributed by atoms with Crippen molar-refractivity contribution in [3.8, 4) is 0 Å². The van der Waals surface area contributed by atoms with Crippen molar-refractivity contribution in [1.29, 1.82) is 0 Å². The minimum Gasteiger partial charge on any atom is -0.398 e. The first-order valence-corrected chi connectivity index (χ1v) is 5.76. The van der Waals surface area contributed by atoms with E-state index >= 15 is 0 Å². The number of rotatable bonds is 6. The number of hydrogen-bond donors (Lipinski definition) is 1. The lowest BCUT2D eigenvalue weighted by Crippen LogP contribution is -2.10. The Labute approximate surface area is 110 Å². The van der Waals surface area contributed by atoms with Crippen molar-refractivity contribution in [3.05, 3.63) is 29.3 Å². The van der Waals surface area contributed by atoms with Crippen molar-refractivity contribution < 1.29 is 19.2 Å². The molecule has 100 valence electrons. The van der Waals surface area contributed by atoms with Gasteiger partial charge in [-0.15, -0.1) is 0 Å². The van der Waals surface area contributed by atoms with Crippen LogP contribution in [0.25, 0.3) is 0 Å². The molecule has 0 aliphatic carbocycles. The van der Waals surface area contributed by atoms with E-state index in [1.165, 1.54) is 32.0 Å². The molecule has 0 heterocycles. The molecule has 0 saturated heterocycles. The Balaban J connectivity index is 2.97. The van der Waals surface area contributed by atoms with Crippen LogP contribution in [0.5, 0.6) is 0 Å². The van der Waals surface area contributed by atoms with Crippen molar-refractivity contribution in [2.45, 2.75) is 26.7 Å². The maximum Gasteiger partial charge on any atom is 0.172 e. The van der Waals surface area contributed by atoms with E-state index in [-0.39, 0.29) is 52.8 Å². The van der Waals surface area contributed by atoms with Crippen molar-refractivity contribution in [1.82, 2.24) is 0 Å². The molecular formula is C14H15NO4. The zero-order valence-corrected chi connectivity index (χ0v) is 10.9. The van der Waals surface area contributed by atoms with Gasteiger partial charge in [0.15, 0.2) is 11.6 Å². The smallest absolute Gasteiger partial charge is 0.172 e. The van der Waals surface area contributed by atoms with Crippen molar-refractivity contribution >= 4 is 28.8 Å². The molecule has 19 heavy (non-hydrogen) atoms. The fraction of sp³-hybridized carbons (Fsp3) is 0.286. The summed E-state index contributed by atoms with van der Waals surface area (Å²) < 4.78 is 0. The molecule has 0 aliphatic rings. The monoisotopic (exact) mass is 261 g/mol. The fourth-order valence-corrected chi connectivity index (χ4v) is 1.64. The Kier molecular flexibility index (Phi) is 4.69. The molecule has 1 aromatic rings. The number of hydrogen-bond acceptors (Lipinski definition) is 5. The number of carbonyl (C=O) groups is 4. The number of anilines is 1. The Morgan fingerprint density at radius 3 is 1.95 bits per heavy atom. The fourth-order valence-electron chi connectivity index (χ4n) is 1.64. The molecule has 0 bridgehead atoms. The average molecular weight is 261 g/mol. The highest BCUT2D eigenvalue weighted by Crippen LogP contribution is 2.17. The summed E-state index contributed by atoms with van der Waals surface area (Å²) in [6.45, 7) is 2.64. The SMILES string of the molecule is CC(=O)CC(=O)c1ccc(C(=O)CC(C)=O)c(N)c1. The maximum atomic E-state index is 11.7. The summed E-state index contributed by atoms with van der Waals surface area (Å²) >= 11 is 0. The molecule has 0 amide bonds. The van der Waals surface area contributed by atoms with Gasteiger partial charge < -0.3 is 5.73 Å². The van der Waals surface area contributed by atoms with Crippen LogP contribution < -0.4 is 5.73 Å². The summed E-state index contributed by atoms with van der Waals surface area (Å²) in [7, 11) is 0. The van der Waals surface area contributed by atoms with Gasteiger partial charge in [0, 0.05) is 16.8 Å².